The lowest BCUT2D eigenvalue weighted by Crippen LogP contribution is -2.42. The number of likely N-dealkylation sites (tertiary alicyclic amines) is 1. The molecule has 0 radical (unpaired) electrons. The number of amides is 1. The van der Waals surface area contributed by atoms with Gasteiger partial charge in [-0.25, -0.2) is 4.98 Å². The van der Waals surface area contributed by atoms with E-state index in [4.69, 9.17) is 9.72 Å². The summed E-state index contributed by atoms with van der Waals surface area (Å²) in [6, 6.07) is 16.7. The number of imidazole rings is 1. The number of carbonyl (C=O) groups is 1. The Balaban J connectivity index is 1.46. The highest BCUT2D eigenvalue weighted by Crippen LogP contribution is 2.34. The van der Waals surface area contributed by atoms with Gasteiger partial charge >= 0.3 is 0 Å². The molecule has 3 aromatic rings. The molecular formula is C28H37N3O2. The van der Waals surface area contributed by atoms with Crippen LogP contribution in [0.15, 0.2) is 48.5 Å². The van der Waals surface area contributed by atoms with Gasteiger partial charge in [0.2, 0.25) is 5.91 Å². The maximum atomic E-state index is 12.7. The fourth-order valence-corrected chi connectivity index (χ4v) is 4.63. The highest BCUT2D eigenvalue weighted by Gasteiger charge is 2.38. The van der Waals surface area contributed by atoms with E-state index in [9.17, 15) is 4.79 Å². The molecule has 5 nitrogen and oxygen atoms in total. The summed E-state index contributed by atoms with van der Waals surface area (Å²) in [5.41, 5.74) is 3.40. The average Bonchev–Trinajstić information content (AvgIpc) is 3.31. The van der Waals surface area contributed by atoms with E-state index in [0.717, 1.165) is 42.1 Å². The summed E-state index contributed by atoms with van der Waals surface area (Å²) in [4.78, 5) is 19.7. The summed E-state index contributed by atoms with van der Waals surface area (Å²) in [6.45, 7) is 15.1. The average molecular weight is 448 g/mol. The first-order valence-corrected chi connectivity index (χ1v) is 12.0. The number of hydrogen-bond acceptors (Lipinski definition) is 3. The minimum absolute atomic E-state index is 0.120. The molecule has 1 aliphatic rings. The normalized spacial score (nSPS) is 17.2. The predicted molar refractivity (Wildman–Crippen MR) is 134 cm³/mol. The Hall–Kier alpha value is -2.82. The van der Waals surface area contributed by atoms with Gasteiger partial charge in [0.1, 0.15) is 11.6 Å². The first kappa shape index (κ1) is 23.3. The van der Waals surface area contributed by atoms with Crippen LogP contribution < -0.4 is 4.74 Å². The Labute approximate surface area is 197 Å². The van der Waals surface area contributed by atoms with Gasteiger partial charge in [0.05, 0.1) is 17.6 Å². The zero-order valence-electron chi connectivity index (χ0n) is 20.9. The topological polar surface area (TPSA) is 47.4 Å². The molecule has 0 bridgehead atoms. The maximum absolute atomic E-state index is 12.7. The van der Waals surface area contributed by atoms with Crippen LogP contribution in [0.4, 0.5) is 0 Å². The molecule has 0 aliphatic carbocycles. The molecule has 0 saturated carbocycles. The van der Waals surface area contributed by atoms with Gasteiger partial charge in [0, 0.05) is 31.0 Å². The maximum Gasteiger partial charge on any atom is 0.223 e. The Morgan fingerprint density at radius 2 is 1.70 bits per heavy atom. The second kappa shape index (κ2) is 8.85. The van der Waals surface area contributed by atoms with E-state index >= 15 is 0 Å². The third-order valence-corrected chi connectivity index (χ3v) is 6.50. The molecule has 5 heteroatoms. The van der Waals surface area contributed by atoms with E-state index in [1.165, 1.54) is 5.56 Å². The third kappa shape index (κ3) is 5.07. The molecule has 1 unspecified atom stereocenters. The van der Waals surface area contributed by atoms with Crippen molar-refractivity contribution in [2.75, 3.05) is 13.2 Å². The van der Waals surface area contributed by atoms with E-state index in [0.29, 0.717) is 13.0 Å². The van der Waals surface area contributed by atoms with Gasteiger partial charge in [0.25, 0.3) is 0 Å². The molecule has 0 N–H and O–H groups in total. The molecule has 1 atom stereocenters. The van der Waals surface area contributed by atoms with E-state index in [1.807, 2.05) is 11.0 Å². The molecule has 0 spiro atoms. The molecular weight excluding hydrogens is 410 g/mol. The highest BCUT2D eigenvalue weighted by molar-refractivity contribution is 5.81. The fourth-order valence-electron chi connectivity index (χ4n) is 4.63. The molecule has 2 aromatic carbocycles. The van der Waals surface area contributed by atoms with Crippen LogP contribution in [-0.2, 0) is 16.8 Å². The van der Waals surface area contributed by atoms with Crippen molar-refractivity contribution < 1.29 is 9.53 Å². The zero-order chi connectivity index (χ0) is 23.8. The van der Waals surface area contributed by atoms with Crippen molar-refractivity contribution in [1.29, 1.82) is 0 Å². The molecule has 1 amide bonds. The van der Waals surface area contributed by atoms with Crippen molar-refractivity contribution in [3.8, 4) is 5.75 Å². The second-order valence-corrected chi connectivity index (χ2v) is 11.2. The van der Waals surface area contributed by atoms with Crippen molar-refractivity contribution >= 4 is 16.9 Å². The standard InChI is InChI=1S/C28H37N3O2/c1-27(2,3)21-12-14-22(15-13-21)33-17-9-16-30-24-11-8-7-10-23(24)29-26(30)20-18-25(32)31(19-20)28(4,5)6/h7-8,10-15,20H,9,16-19H2,1-6H3. The van der Waals surface area contributed by atoms with Gasteiger partial charge in [-0.15, -0.1) is 0 Å². The Kier molecular flexibility index (Phi) is 6.26. The summed E-state index contributed by atoms with van der Waals surface area (Å²) in [5.74, 6) is 2.26. The van der Waals surface area contributed by atoms with Crippen LogP contribution in [0.25, 0.3) is 11.0 Å². The number of benzene rings is 2. The van der Waals surface area contributed by atoms with Crippen LogP contribution in [0.1, 0.15) is 71.7 Å². The van der Waals surface area contributed by atoms with Gasteiger partial charge in [-0.2, -0.15) is 0 Å². The number of ether oxygens (including phenoxy) is 1. The highest BCUT2D eigenvalue weighted by atomic mass is 16.5. The first-order chi connectivity index (χ1) is 15.5. The largest absolute Gasteiger partial charge is 0.494 e. The zero-order valence-corrected chi connectivity index (χ0v) is 20.9. The lowest BCUT2D eigenvalue weighted by molar-refractivity contribution is -0.131. The summed E-state index contributed by atoms with van der Waals surface area (Å²) in [7, 11) is 0. The fraction of sp³-hybridized carbons (Fsp3) is 0.500. The molecule has 1 saturated heterocycles. The van der Waals surface area contributed by atoms with Crippen LogP contribution in [-0.4, -0.2) is 39.0 Å². The van der Waals surface area contributed by atoms with Crippen LogP contribution in [0, 0.1) is 0 Å². The molecule has 176 valence electrons. The lowest BCUT2D eigenvalue weighted by Gasteiger charge is -2.32. The Bertz CT molecular complexity index is 1120. The van der Waals surface area contributed by atoms with Gasteiger partial charge in [-0.1, -0.05) is 45.0 Å². The van der Waals surface area contributed by atoms with Crippen molar-refractivity contribution in [2.45, 2.75) is 77.8 Å². The Morgan fingerprint density at radius 3 is 2.33 bits per heavy atom. The van der Waals surface area contributed by atoms with Crippen LogP contribution >= 0.6 is 0 Å². The quantitative estimate of drug-likeness (QED) is 0.441. The van der Waals surface area contributed by atoms with E-state index in [-0.39, 0.29) is 22.8 Å². The number of hydrogen-bond donors (Lipinski definition) is 0. The lowest BCUT2D eigenvalue weighted by atomic mass is 9.87. The summed E-state index contributed by atoms with van der Waals surface area (Å²) >= 11 is 0. The molecule has 1 aliphatic heterocycles. The smallest absolute Gasteiger partial charge is 0.223 e. The first-order valence-electron chi connectivity index (χ1n) is 12.0. The predicted octanol–water partition coefficient (Wildman–Crippen LogP) is 5.92. The number of carbonyl (C=O) groups excluding carboxylic acids is 1. The van der Waals surface area contributed by atoms with Gasteiger partial charge in [-0.3, -0.25) is 4.79 Å². The summed E-state index contributed by atoms with van der Waals surface area (Å²) in [5, 5.41) is 0. The number of para-hydroxylation sites is 2. The second-order valence-electron chi connectivity index (χ2n) is 11.2. The number of aryl methyl sites for hydroxylation is 1. The van der Waals surface area contributed by atoms with E-state index < -0.39 is 0 Å². The number of aromatic nitrogens is 2. The van der Waals surface area contributed by atoms with Gasteiger partial charge in [-0.05, 0) is 62.4 Å². The molecule has 2 heterocycles. The SMILES string of the molecule is CC(C)(C)c1ccc(OCCCn2c(C3CC(=O)N(C(C)(C)C)C3)nc3ccccc32)cc1. The van der Waals surface area contributed by atoms with Crippen LogP contribution in [0.5, 0.6) is 5.75 Å². The number of rotatable bonds is 6. The van der Waals surface area contributed by atoms with Crippen molar-refractivity contribution in [1.82, 2.24) is 14.5 Å². The summed E-state index contributed by atoms with van der Waals surface area (Å²) in [6.07, 6.45) is 1.40. The number of nitrogens with zero attached hydrogens (tertiary/aromatic N) is 3. The third-order valence-electron chi connectivity index (χ3n) is 6.50. The molecule has 4 rings (SSSR count). The van der Waals surface area contributed by atoms with Crippen molar-refractivity contribution in [3.63, 3.8) is 0 Å². The summed E-state index contributed by atoms with van der Waals surface area (Å²) < 4.78 is 8.33. The minimum atomic E-state index is -0.168. The van der Waals surface area contributed by atoms with Crippen molar-refractivity contribution in [3.05, 3.63) is 59.9 Å². The molecule has 1 fully saturated rings. The van der Waals surface area contributed by atoms with E-state index in [2.05, 4.69) is 88.6 Å². The van der Waals surface area contributed by atoms with Crippen molar-refractivity contribution in [2.24, 2.45) is 0 Å². The Morgan fingerprint density at radius 1 is 1.00 bits per heavy atom. The van der Waals surface area contributed by atoms with Crippen LogP contribution in [0.3, 0.4) is 0 Å². The monoisotopic (exact) mass is 447 g/mol. The number of fused-ring (bicyclic) bond motifs is 1. The minimum Gasteiger partial charge on any atom is -0.494 e. The van der Waals surface area contributed by atoms with Gasteiger partial charge in [0.15, 0.2) is 0 Å². The molecule has 33 heavy (non-hydrogen) atoms. The van der Waals surface area contributed by atoms with Gasteiger partial charge < -0.3 is 14.2 Å². The van der Waals surface area contributed by atoms with E-state index in [1.54, 1.807) is 0 Å². The molecule has 1 aromatic heterocycles. The van der Waals surface area contributed by atoms with Crippen LogP contribution in [0.2, 0.25) is 0 Å².